The van der Waals surface area contributed by atoms with Crippen molar-refractivity contribution in [3.8, 4) is 0 Å². The summed E-state index contributed by atoms with van der Waals surface area (Å²) in [6.07, 6.45) is 0. The van der Waals surface area contributed by atoms with Gasteiger partial charge in [-0.05, 0) is 37.1 Å². The molecule has 2 amide bonds. The molecule has 0 aliphatic carbocycles. The van der Waals surface area contributed by atoms with Gasteiger partial charge in [0.2, 0.25) is 0 Å². The number of halogens is 1. The van der Waals surface area contributed by atoms with Crippen molar-refractivity contribution in [1.29, 1.82) is 0 Å². The molecule has 0 N–H and O–H groups in total. The van der Waals surface area contributed by atoms with E-state index in [0.717, 1.165) is 16.7 Å². The first-order chi connectivity index (χ1) is 12.7. The van der Waals surface area contributed by atoms with E-state index in [1.165, 1.54) is 0 Å². The quantitative estimate of drug-likeness (QED) is 0.735. The molecule has 2 aromatic carbocycles. The van der Waals surface area contributed by atoms with E-state index in [4.69, 9.17) is 11.6 Å². The molecule has 2 atom stereocenters. The molecule has 2 heterocycles. The minimum atomic E-state index is -3.19. The van der Waals surface area contributed by atoms with E-state index < -0.39 is 9.84 Å². The normalized spacial score (nSPS) is 23.7. The van der Waals surface area contributed by atoms with E-state index in [1.54, 1.807) is 15.9 Å². The maximum Gasteiger partial charge on any atom is 0.325 e. The molecule has 27 heavy (non-hydrogen) atoms. The van der Waals surface area contributed by atoms with E-state index in [-0.39, 0.29) is 29.6 Å². The highest BCUT2D eigenvalue weighted by Gasteiger charge is 2.53. The van der Waals surface area contributed by atoms with Crippen molar-refractivity contribution in [2.45, 2.75) is 32.5 Å². The van der Waals surface area contributed by atoms with Crippen molar-refractivity contribution in [2.75, 3.05) is 16.4 Å². The molecule has 4 rings (SSSR count). The van der Waals surface area contributed by atoms with Gasteiger partial charge in [0, 0.05) is 17.3 Å². The Hall–Kier alpha value is -2.05. The summed E-state index contributed by atoms with van der Waals surface area (Å²) >= 11 is 6.25. The Morgan fingerprint density at radius 1 is 1.04 bits per heavy atom. The van der Waals surface area contributed by atoms with Gasteiger partial charge in [-0.15, -0.1) is 0 Å². The molecule has 0 spiro atoms. The van der Waals surface area contributed by atoms with Crippen molar-refractivity contribution < 1.29 is 13.2 Å². The molecule has 0 aromatic heterocycles. The lowest BCUT2D eigenvalue weighted by atomic mass is 10.1. The number of amides is 2. The summed E-state index contributed by atoms with van der Waals surface area (Å²) < 4.78 is 24.6. The lowest BCUT2D eigenvalue weighted by Crippen LogP contribution is -2.37. The highest BCUT2D eigenvalue weighted by atomic mass is 35.5. The molecule has 142 valence electrons. The predicted molar refractivity (Wildman–Crippen MR) is 107 cm³/mol. The summed E-state index contributed by atoms with van der Waals surface area (Å²) in [5.41, 5.74) is 3.69. The number of nitrogens with zero attached hydrogens (tertiary/aromatic N) is 2. The molecule has 0 bridgehead atoms. The van der Waals surface area contributed by atoms with Crippen LogP contribution in [-0.4, -0.2) is 42.9 Å². The summed E-state index contributed by atoms with van der Waals surface area (Å²) in [6, 6.07) is 12.5. The van der Waals surface area contributed by atoms with Gasteiger partial charge in [-0.2, -0.15) is 0 Å². The van der Waals surface area contributed by atoms with E-state index >= 15 is 0 Å². The summed E-state index contributed by atoms with van der Waals surface area (Å²) in [7, 11) is -3.19. The van der Waals surface area contributed by atoms with Gasteiger partial charge >= 0.3 is 6.03 Å². The van der Waals surface area contributed by atoms with Crippen LogP contribution in [0.3, 0.4) is 0 Å². The Morgan fingerprint density at radius 3 is 2.37 bits per heavy atom. The van der Waals surface area contributed by atoms with Gasteiger partial charge in [-0.3, -0.25) is 4.90 Å². The Kier molecular flexibility index (Phi) is 4.43. The lowest BCUT2D eigenvalue weighted by molar-refractivity contribution is 0.206. The van der Waals surface area contributed by atoms with Crippen LogP contribution in [0.25, 0.3) is 0 Å². The van der Waals surface area contributed by atoms with Crippen molar-refractivity contribution in [3.05, 3.63) is 64.2 Å². The predicted octanol–water partition coefficient (Wildman–Crippen LogP) is 3.56. The monoisotopic (exact) mass is 404 g/mol. The third-order valence-corrected chi connectivity index (χ3v) is 7.49. The molecule has 2 saturated heterocycles. The van der Waals surface area contributed by atoms with Gasteiger partial charge in [0.25, 0.3) is 0 Å². The number of hydrogen-bond acceptors (Lipinski definition) is 3. The minimum absolute atomic E-state index is 0.00532. The van der Waals surface area contributed by atoms with Gasteiger partial charge < -0.3 is 4.90 Å². The average molecular weight is 405 g/mol. The SMILES string of the molecule is Cc1ccc(CN2C(=O)N(c3ccc(C)c(Cl)c3)C3CS(=O)(=O)CC32)cc1. The van der Waals surface area contributed by atoms with Gasteiger partial charge in [-0.1, -0.05) is 47.5 Å². The highest BCUT2D eigenvalue weighted by Crippen LogP contribution is 2.37. The third kappa shape index (κ3) is 3.32. The van der Waals surface area contributed by atoms with E-state index in [1.807, 2.05) is 50.2 Å². The molecule has 7 heteroatoms. The first kappa shape index (κ1) is 18.3. The van der Waals surface area contributed by atoms with Crippen LogP contribution >= 0.6 is 11.6 Å². The van der Waals surface area contributed by atoms with Crippen molar-refractivity contribution in [1.82, 2.24) is 4.90 Å². The Bertz CT molecular complexity index is 1000. The summed E-state index contributed by atoms with van der Waals surface area (Å²) in [6.45, 7) is 4.30. The number of sulfone groups is 1. The lowest BCUT2D eigenvalue weighted by Gasteiger charge is -2.23. The third-order valence-electron chi connectivity index (χ3n) is 5.38. The van der Waals surface area contributed by atoms with Crippen LogP contribution in [0.1, 0.15) is 16.7 Å². The Labute approximate surface area is 164 Å². The van der Waals surface area contributed by atoms with Gasteiger partial charge in [0.15, 0.2) is 9.84 Å². The zero-order valence-corrected chi connectivity index (χ0v) is 16.8. The fourth-order valence-corrected chi connectivity index (χ4v) is 6.01. The number of hydrogen-bond donors (Lipinski definition) is 0. The first-order valence-electron chi connectivity index (χ1n) is 8.87. The zero-order valence-electron chi connectivity index (χ0n) is 15.2. The second kappa shape index (κ2) is 6.53. The first-order valence-corrected chi connectivity index (χ1v) is 11.1. The molecule has 2 unspecified atom stereocenters. The van der Waals surface area contributed by atoms with Crippen LogP contribution in [0.15, 0.2) is 42.5 Å². The molecule has 2 aliphatic rings. The second-order valence-corrected chi connectivity index (χ2v) is 9.97. The van der Waals surface area contributed by atoms with Crippen LogP contribution in [0.4, 0.5) is 10.5 Å². The van der Waals surface area contributed by atoms with Crippen LogP contribution in [0, 0.1) is 13.8 Å². The van der Waals surface area contributed by atoms with Gasteiger partial charge in [0.1, 0.15) is 0 Å². The fraction of sp³-hybridized carbons (Fsp3) is 0.350. The zero-order chi connectivity index (χ0) is 19.3. The molecule has 0 saturated carbocycles. The van der Waals surface area contributed by atoms with Crippen LogP contribution in [0.2, 0.25) is 5.02 Å². The van der Waals surface area contributed by atoms with E-state index in [2.05, 4.69) is 0 Å². The fourth-order valence-electron chi connectivity index (χ4n) is 3.89. The minimum Gasteiger partial charge on any atom is -0.314 e. The molecule has 0 radical (unpaired) electrons. The number of urea groups is 1. The van der Waals surface area contributed by atoms with Crippen LogP contribution in [-0.2, 0) is 16.4 Å². The van der Waals surface area contributed by atoms with Gasteiger partial charge in [0.05, 0.1) is 23.6 Å². The van der Waals surface area contributed by atoms with Crippen molar-refractivity contribution in [3.63, 3.8) is 0 Å². The number of benzene rings is 2. The topological polar surface area (TPSA) is 57.7 Å². The average Bonchev–Trinajstić information content (AvgIpc) is 3.03. The summed E-state index contributed by atoms with van der Waals surface area (Å²) in [5, 5.41) is 0.565. The van der Waals surface area contributed by atoms with E-state index in [0.29, 0.717) is 17.3 Å². The van der Waals surface area contributed by atoms with E-state index in [9.17, 15) is 13.2 Å². The molecule has 2 fully saturated rings. The van der Waals surface area contributed by atoms with Gasteiger partial charge in [-0.25, -0.2) is 13.2 Å². The number of anilines is 1. The molecule has 5 nitrogen and oxygen atoms in total. The number of aryl methyl sites for hydroxylation is 2. The number of carbonyl (C=O) groups excluding carboxylic acids is 1. The summed E-state index contributed by atoms with van der Waals surface area (Å²) in [5.74, 6) is -0.00926. The highest BCUT2D eigenvalue weighted by molar-refractivity contribution is 7.91. The van der Waals surface area contributed by atoms with Crippen molar-refractivity contribution >= 4 is 33.2 Å². The molecule has 2 aromatic rings. The molecular weight excluding hydrogens is 384 g/mol. The maximum atomic E-state index is 13.2. The number of rotatable bonds is 3. The second-order valence-electron chi connectivity index (χ2n) is 7.41. The number of carbonyl (C=O) groups is 1. The van der Waals surface area contributed by atoms with Crippen molar-refractivity contribution in [2.24, 2.45) is 0 Å². The largest absolute Gasteiger partial charge is 0.325 e. The Balaban J connectivity index is 1.71. The van der Waals surface area contributed by atoms with Crippen LogP contribution in [0.5, 0.6) is 0 Å². The standard InChI is InChI=1S/C20H21ClN2O3S/c1-13-3-6-15(7-4-13)10-22-18-11-27(25,26)12-19(18)23(20(22)24)16-8-5-14(2)17(21)9-16/h3-9,18-19H,10-12H2,1-2H3. The number of fused-ring (bicyclic) bond motifs is 1. The smallest absolute Gasteiger partial charge is 0.314 e. The molecule has 2 aliphatic heterocycles. The van der Waals surface area contributed by atoms with Crippen LogP contribution < -0.4 is 4.90 Å². The maximum absolute atomic E-state index is 13.2. The summed E-state index contributed by atoms with van der Waals surface area (Å²) in [4.78, 5) is 16.5. The molecular formula is C20H21ClN2O3S. The Morgan fingerprint density at radius 2 is 1.70 bits per heavy atom.